The van der Waals surface area contributed by atoms with Gasteiger partial charge in [-0.25, -0.2) is 0 Å². The molecule has 2 aromatic heterocycles. The highest BCUT2D eigenvalue weighted by atomic mass is 35.5. The van der Waals surface area contributed by atoms with Crippen molar-refractivity contribution in [2.45, 2.75) is 13.3 Å². The second-order valence-corrected chi connectivity index (χ2v) is 6.60. The molecule has 0 bridgehead atoms. The van der Waals surface area contributed by atoms with Crippen molar-refractivity contribution in [3.63, 3.8) is 0 Å². The topological polar surface area (TPSA) is 58.0 Å². The van der Waals surface area contributed by atoms with Gasteiger partial charge in [-0.15, -0.1) is 0 Å². The van der Waals surface area contributed by atoms with Crippen LogP contribution in [0, 0.1) is 6.92 Å². The first-order valence-corrected chi connectivity index (χ1v) is 8.52. The van der Waals surface area contributed by atoms with Gasteiger partial charge < -0.3 is 14.7 Å². The van der Waals surface area contributed by atoms with Crippen molar-refractivity contribution >= 4 is 39.4 Å². The number of halogens is 1. The van der Waals surface area contributed by atoms with Crippen LogP contribution < -0.4 is 5.32 Å². The van der Waals surface area contributed by atoms with Crippen LogP contribution in [0.5, 0.6) is 0 Å². The molecule has 2 heterocycles. The predicted molar refractivity (Wildman–Crippen MR) is 100 cm³/mol. The number of H-pyrrole nitrogens is 1. The van der Waals surface area contributed by atoms with Crippen LogP contribution in [0.4, 0.5) is 0 Å². The number of hydrogen-bond acceptors (Lipinski definition) is 2. The number of rotatable bonds is 4. The molecule has 0 saturated carbocycles. The van der Waals surface area contributed by atoms with E-state index in [4.69, 9.17) is 16.0 Å². The van der Waals surface area contributed by atoms with Gasteiger partial charge in [0.25, 0.3) is 5.91 Å². The Morgan fingerprint density at radius 1 is 1.20 bits per heavy atom. The zero-order chi connectivity index (χ0) is 17.4. The number of aromatic amines is 1. The van der Waals surface area contributed by atoms with Gasteiger partial charge in [-0.05, 0) is 55.3 Å². The summed E-state index contributed by atoms with van der Waals surface area (Å²) in [7, 11) is 0. The molecule has 4 rings (SSSR count). The van der Waals surface area contributed by atoms with Gasteiger partial charge in [-0.2, -0.15) is 0 Å². The van der Waals surface area contributed by atoms with Gasteiger partial charge in [0.15, 0.2) is 5.76 Å². The summed E-state index contributed by atoms with van der Waals surface area (Å²) in [5.41, 5.74) is 4.18. The normalized spacial score (nSPS) is 11.3. The fourth-order valence-corrected chi connectivity index (χ4v) is 3.20. The smallest absolute Gasteiger partial charge is 0.287 e. The molecule has 0 atom stereocenters. The largest absolute Gasteiger partial charge is 0.451 e. The van der Waals surface area contributed by atoms with E-state index in [1.165, 1.54) is 16.5 Å². The van der Waals surface area contributed by atoms with Crippen LogP contribution in [-0.2, 0) is 6.42 Å². The summed E-state index contributed by atoms with van der Waals surface area (Å²) in [6.45, 7) is 2.61. The second kappa shape index (κ2) is 6.30. The minimum atomic E-state index is -0.219. The molecule has 1 amide bonds. The van der Waals surface area contributed by atoms with Gasteiger partial charge in [-0.3, -0.25) is 4.79 Å². The van der Waals surface area contributed by atoms with Gasteiger partial charge in [-0.1, -0.05) is 23.2 Å². The fraction of sp³-hybridized carbons (Fsp3) is 0.150. The van der Waals surface area contributed by atoms with Crippen LogP contribution in [0.1, 0.15) is 21.7 Å². The number of nitrogens with one attached hydrogen (secondary N) is 2. The molecule has 4 nitrogen and oxygen atoms in total. The molecule has 0 aliphatic rings. The molecule has 0 unspecified atom stereocenters. The van der Waals surface area contributed by atoms with Crippen LogP contribution in [0.2, 0.25) is 5.02 Å². The van der Waals surface area contributed by atoms with Crippen LogP contribution in [0.15, 0.2) is 53.1 Å². The summed E-state index contributed by atoms with van der Waals surface area (Å²) in [5.74, 6) is 0.0791. The maximum atomic E-state index is 12.3. The van der Waals surface area contributed by atoms with E-state index in [0.717, 1.165) is 17.3 Å². The molecule has 0 radical (unpaired) electrons. The molecule has 0 spiro atoms. The molecule has 0 aliphatic heterocycles. The van der Waals surface area contributed by atoms with Crippen molar-refractivity contribution in [3.05, 3.63) is 70.6 Å². The molecule has 25 heavy (non-hydrogen) atoms. The molecular formula is C20H17ClN2O2. The van der Waals surface area contributed by atoms with Crippen molar-refractivity contribution < 1.29 is 9.21 Å². The Bertz CT molecular complexity index is 1080. The Kier molecular flexibility index (Phi) is 3.98. The summed E-state index contributed by atoms with van der Waals surface area (Å²) < 4.78 is 5.58. The molecule has 5 heteroatoms. The molecule has 4 aromatic rings. The summed E-state index contributed by atoms with van der Waals surface area (Å²) >= 11 is 5.96. The van der Waals surface area contributed by atoms with Crippen molar-refractivity contribution in [2.24, 2.45) is 0 Å². The molecule has 0 fully saturated rings. The standard InChI is InChI=1S/C20H17ClN2O2/c1-12-2-4-17-16(8-12)13(11-23-17)6-7-22-20(24)19-10-14-9-15(21)3-5-18(14)25-19/h2-5,8-11,23H,6-7H2,1H3,(H,22,24). The lowest BCUT2D eigenvalue weighted by Crippen LogP contribution is -2.25. The van der Waals surface area contributed by atoms with Gasteiger partial charge >= 0.3 is 0 Å². The minimum Gasteiger partial charge on any atom is -0.451 e. The van der Waals surface area contributed by atoms with E-state index in [-0.39, 0.29) is 5.91 Å². The lowest BCUT2D eigenvalue weighted by molar-refractivity contribution is 0.0928. The number of fused-ring (bicyclic) bond motifs is 2. The minimum absolute atomic E-state index is 0.219. The first kappa shape index (κ1) is 15.8. The molecule has 0 aliphatic carbocycles. The van der Waals surface area contributed by atoms with E-state index < -0.39 is 0 Å². The van der Waals surface area contributed by atoms with Gasteiger partial charge in [0, 0.05) is 34.1 Å². The van der Waals surface area contributed by atoms with Crippen LogP contribution >= 0.6 is 11.6 Å². The van der Waals surface area contributed by atoms with E-state index >= 15 is 0 Å². The van der Waals surface area contributed by atoms with E-state index in [1.54, 1.807) is 24.3 Å². The summed E-state index contributed by atoms with van der Waals surface area (Å²) in [4.78, 5) is 15.6. The average molecular weight is 353 g/mol. The number of carbonyl (C=O) groups excluding carboxylic acids is 1. The van der Waals surface area contributed by atoms with E-state index in [2.05, 4.69) is 35.4 Å². The Morgan fingerprint density at radius 2 is 2.08 bits per heavy atom. The summed E-state index contributed by atoms with van der Waals surface area (Å²) in [6, 6.07) is 13.3. The Morgan fingerprint density at radius 3 is 2.96 bits per heavy atom. The summed E-state index contributed by atoms with van der Waals surface area (Å²) in [6.07, 6.45) is 2.75. The number of hydrogen-bond donors (Lipinski definition) is 2. The fourth-order valence-electron chi connectivity index (χ4n) is 3.02. The predicted octanol–water partition coefficient (Wildman–Crippen LogP) is 4.85. The number of amides is 1. The Hall–Kier alpha value is -2.72. The third-order valence-electron chi connectivity index (χ3n) is 4.30. The maximum absolute atomic E-state index is 12.3. The monoisotopic (exact) mass is 352 g/mol. The second-order valence-electron chi connectivity index (χ2n) is 6.16. The number of benzene rings is 2. The highest BCUT2D eigenvalue weighted by Gasteiger charge is 2.12. The molecule has 126 valence electrons. The number of aryl methyl sites for hydroxylation is 1. The van der Waals surface area contributed by atoms with Crippen molar-refractivity contribution in [2.75, 3.05) is 6.54 Å². The van der Waals surface area contributed by atoms with Crippen molar-refractivity contribution in [1.82, 2.24) is 10.3 Å². The Labute approximate surface area is 149 Å². The molecule has 2 N–H and O–H groups in total. The first-order chi connectivity index (χ1) is 12.1. The highest BCUT2D eigenvalue weighted by Crippen LogP contribution is 2.23. The number of aromatic nitrogens is 1. The zero-order valence-corrected chi connectivity index (χ0v) is 14.5. The van der Waals surface area contributed by atoms with Crippen molar-refractivity contribution in [3.8, 4) is 0 Å². The van der Waals surface area contributed by atoms with Crippen LogP contribution in [0.3, 0.4) is 0 Å². The Balaban J connectivity index is 1.45. The zero-order valence-electron chi connectivity index (χ0n) is 13.7. The van der Waals surface area contributed by atoms with Gasteiger partial charge in [0.05, 0.1) is 0 Å². The summed E-state index contributed by atoms with van der Waals surface area (Å²) in [5, 5.41) is 5.56. The van der Waals surface area contributed by atoms with E-state index in [0.29, 0.717) is 22.9 Å². The lowest BCUT2D eigenvalue weighted by Gasteiger charge is -2.03. The average Bonchev–Trinajstić information content (AvgIpc) is 3.18. The van der Waals surface area contributed by atoms with Crippen LogP contribution in [-0.4, -0.2) is 17.4 Å². The number of carbonyl (C=O) groups is 1. The van der Waals surface area contributed by atoms with Gasteiger partial charge in [0.1, 0.15) is 5.58 Å². The highest BCUT2D eigenvalue weighted by molar-refractivity contribution is 6.31. The maximum Gasteiger partial charge on any atom is 0.287 e. The van der Waals surface area contributed by atoms with E-state index in [9.17, 15) is 4.79 Å². The lowest BCUT2D eigenvalue weighted by atomic mass is 10.1. The van der Waals surface area contributed by atoms with Crippen molar-refractivity contribution in [1.29, 1.82) is 0 Å². The van der Waals surface area contributed by atoms with Crippen LogP contribution in [0.25, 0.3) is 21.9 Å². The van der Waals surface area contributed by atoms with E-state index in [1.807, 2.05) is 6.20 Å². The quantitative estimate of drug-likeness (QED) is 0.551. The van der Waals surface area contributed by atoms with Gasteiger partial charge in [0.2, 0.25) is 0 Å². The number of furan rings is 1. The molecular weight excluding hydrogens is 336 g/mol. The third-order valence-corrected chi connectivity index (χ3v) is 4.54. The third kappa shape index (κ3) is 3.13. The molecule has 2 aromatic carbocycles. The molecule has 0 saturated heterocycles. The SMILES string of the molecule is Cc1ccc2[nH]cc(CCNC(=O)c3cc4cc(Cl)ccc4o3)c2c1. The first-order valence-electron chi connectivity index (χ1n) is 8.14.